The lowest BCUT2D eigenvalue weighted by molar-refractivity contribution is -0.137. The van der Waals surface area contributed by atoms with Gasteiger partial charge in [0.2, 0.25) is 0 Å². The van der Waals surface area contributed by atoms with Crippen molar-refractivity contribution in [2.45, 2.75) is 26.4 Å². The average Bonchev–Trinajstić information content (AvgIpc) is 2.59. The van der Waals surface area contributed by atoms with Gasteiger partial charge >= 0.3 is 6.18 Å². The smallest absolute Gasteiger partial charge is 0.361 e. The molecule has 0 aliphatic heterocycles. The molecule has 0 radical (unpaired) electrons. The number of H-pyrrole nitrogens is 1. The van der Waals surface area contributed by atoms with Crippen LogP contribution in [0.5, 0.6) is 0 Å². The molecule has 0 bridgehead atoms. The van der Waals surface area contributed by atoms with E-state index in [-0.39, 0.29) is 0 Å². The third-order valence-corrected chi connectivity index (χ3v) is 2.72. The Morgan fingerprint density at radius 1 is 1.24 bits per heavy atom. The molecule has 2 aromatic rings. The number of benzene rings is 1. The lowest BCUT2D eigenvalue weighted by Crippen LogP contribution is -2.04. The van der Waals surface area contributed by atoms with Gasteiger partial charge < -0.3 is 4.98 Å². The standard InChI is InChI=1S/C13H14F3N/c1-8(2)5-9-7-17-12-6-10(13(14,15)16)3-4-11(9)12/h3-4,6-8,17H,5H2,1-2H3. The van der Waals surface area contributed by atoms with E-state index in [1.54, 1.807) is 12.3 Å². The van der Waals surface area contributed by atoms with Crippen LogP contribution in [0.3, 0.4) is 0 Å². The summed E-state index contributed by atoms with van der Waals surface area (Å²) >= 11 is 0. The zero-order chi connectivity index (χ0) is 12.6. The molecule has 0 amide bonds. The maximum absolute atomic E-state index is 12.5. The number of alkyl halides is 3. The van der Waals surface area contributed by atoms with Crippen LogP contribution in [-0.2, 0) is 12.6 Å². The lowest BCUT2D eigenvalue weighted by Gasteiger charge is -2.07. The molecule has 1 nitrogen and oxygen atoms in total. The van der Waals surface area contributed by atoms with Crippen molar-refractivity contribution < 1.29 is 13.2 Å². The van der Waals surface area contributed by atoms with Gasteiger partial charge in [-0.3, -0.25) is 0 Å². The summed E-state index contributed by atoms with van der Waals surface area (Å²) < 4.78 is 37.6. The molecule has 0 spiro atoms. The minimum absolute atomic E-state index is 0.483. The van der Waals surface area contributed by atoms with Crippen LogP contribution in [0.25, 0.3) is 10.9 Å². The van der Waals surface area contributed by atoms with Gasteiger partial charge in [-0.05, 0) is 30.0 Å². The first-order chi connectivity index (χ1) is 7.88. The van der Waals surface area contributed by atoms with Crippen LogP contribution in [-0.4, -0.2) is 4.98 Å². The van der Waals surface area contributed by atoms with Gasteiger partial charge in [-0.25, -0.2) is 0 Å². The third kappa shape index (κ3) is 2.46. The summed E-state index contributed by atoms with van der Waals surface area (Å²) in [6, 6.07) is 3.85. The molecule has 92 valence electrons. The van der Waals surface area contributed by atoms with Crippen LogP contribution in [0, 0.1) is 5.92 Å². The second kappa shape index (κ2) is 4.09. The quantitative estimate of drug-likeness (QED) is 0.802. The highest BCUT2D eigenvalue weighted by Gasteiger charge is 2.30. The summed E-state index contributed by atoms with van der Waals surface area (Å²) in [6.45, 7) is 4.17. The Morgan fingerprint density at radius 2 is 1.94 bits per heavy atom. The Hall–Kier alpha value is -1.45. The number of halogens is 3. The van der Waals surface area contributed by atoms with Crippen molar-refractivity contribution >= 4 is 10.9 Å². The van der Waals surface area contributed by atoms with Crippen LogP contribution in [0.1, 0.15) is 25.0 Å². The maximum atomic E-state index is 12.5. The Bertz CT molecular complexity index is 523. The number of nitrogens with one attached hydrogen (secondary N) is 1. The Labute approximate surface area is 97.6 Å². The monoisotopic (exact) mass is 241 g/mol. The molecule has 1 aromatic carbocycles. The van der Waals surface area contributed by atoms with Gasteiger partial charge in [-0.1, -0.05) is 19.9 Å². The molecular weight excluding hydrogens is 227 g/mol. The molecule has 0 saturated carbocycles. The molecule has 0 unspecified atom stereocenters. The fourth-order valence-corrected chi connectivity index (χ4v) is 1.97. The zero-order valence-corrected chi connectivity index (χ0v) is 9.73. The zero-order valence-electron chi connectivity index (χ0n) is 9.73. The number of aromatic amines is 1. The van der Waals surface area contributed by atoms with Crippen LogP contribution in [0.15, 0.2) is 24.4 Å². The van der Waals surface area contributed by atoms with E-state index >= 15 is 0 Å². The molecule has 1 aromatic heterocycles. The number of hydrogen-bond acceptors (Lipinski definition) is 0. The van der Waals surface area contributed by atoms with Crippen molar-refractivity contribution in [3.63, 3.8) is 0 Å². The second-order valence-corrected chi connectivity index (χ2v) is 4.67. The van der Waals surface area contributed by atoms with E-state index in [2.05, 4.69) is 18.8 Å². The normalized spacial score (nSPS) is 12.6. The molecular formula is C13H14F3N. The maximum Gasteiger partial charge on any atom is 0.416 e. The molecule has 2 rings (SSSR count). The molecule has 0 aliphatic rings. The van der Waals surface area contributed by atoms with E-state index in [1.807, 2.05) is 0 Å². The molecule has 17 heavy (non-hydrogen) atoms. The van der Waals surface area contributed by atoms with Crippen molar-refractivity contribution in [2.24, 2.45) is 5.92 Å². The van der Waals surface area contributed by atoms with Gasteiger partial charge in [0.25, 0.3) is 0 Å². The molecule has 0 fully saturated rings. The predicted octanol–water partition coefficient (Wildman–Crippen LogP) is 4.39. The topological polar surface area (TPSA) is 15.8 Å². The van der Waals surface area contributed by atoms with Gasteiger partial charge in [0.1, 0.15) is 0 Å². The van der Waals surface area contributed by atoms with Crippen molar-refractivity contribution in [2.75, 3.05) is 0 Å². The fourth-order valence-electron chi connectivity index (χ4n) is 1.97. The predicted molar refractivity (Wildman–Crippen MR) is 61.8 cm³/mol. The summed E-state index contributed by atoms with van der Waals surface area (Å²) in [5, 5.41) is 0.881. The number of hydrogen-bond donors (Lipinski definition) is 1. The van der Waals surface area contributed by atoms with Crippen molar-refractivity contribution in [3.05, 3.63) is 35.5 Å². The van der Waals surface area contributed by atoms with Crippen LogP contribution in [0.2, 0.25) is 0 Å². The number of rotatable bonds is 2. The lowest BCUT2D eigenvalue weighted by atomic mass is 10.0. The molecule has 4 heteroatoms. The number of fused-ring (bicyclic) bond motifs is 1. The second-order valence-electron chi connectivity index (χ2n) is 4.67. The van der Waals surface area contributed by atoms with Gasteiger partial charge in [0, 0.05) is 17.1 Å². The molecule has 1 N–H and O–H groups in total. The van der Waals surface area contributed by atoms with Crippen molar-refractivity contribution in [1.29, 1.82) is 0 Å². The Kier molecular flexibility index (Phi) is 2.89. The van der Waals surface area contributed by atoms with Gasteiger partial charge in [-0.15, -0.1) is 0 Å². The van der Waals surface area contributed by atoms with Gasteiger partial charge in [-0.2, -0.15) is 13.2 Å². The van der Waals surface area contributed by atoms with Crippen molar-refractivity contribution in [3.8, 4) is 0 Å². The van der Waals surface area contributed by atoms with E-state index in [0.29, 0.717) is 11.4 Å². The molecule has 0 aliphatic carbocycles. The highest BCUT2D eigenvalue weighted by molar-refractivity contribution is 5.83. The SMILES string of the molecule is CC(C)Cc1c[nH]c2cc(C(F)(F)F)ccc12. The van der Waals surface area contributed by atoms with Crippen LogP contribution >= 0.6 is 0 Å². The van der Waals surface area contributed by atoms with E-state index in [1.165, 1.54) is 6.07 Å². The van der Waals surface area contributed by atoms with E-state index in [9.17, 15) is 13.2 Å². The summed E-state index contributed by atoms with van der Waals surface area (Å²) in [5.74, 6) is 0.483. The van der Waals surface area contributed by atoms with Gasteiger partial charge in [0.05, 0.1) is 5.56 Å². The summed E-state index contributed by atoms with van der Waals surface area (Å²) in [7, 11) is 0. The van der Waals surface area contributed by atoms with Crippen LogP contribution < -0.4 is 0 Å². The first kappa shape index (κ1) is 12.0. The largest absolute Gasteiger partial charge is 0.416 e. The van der Waals surface area contributed by atoms with E-state index in [4.69, 9.17) is 0 Å². The van der Waals surface area contributed by atoms with Gasteiger partial charge in [0.15, 0.2) is 0 Å². The summed E-state index contributed by atoms with van der Waals surface area (Å²) in [4.78, 5) is 2.91. The first-order valence-electron chi connectivity index (χ1n) is 5.55. The van der Waals surface area contributed by atoms with Crippen LogP contribution in [0.4, 0.5) is 13.2 Å². The fraction of sp³-hybridized carbons (Fsp3) is 0.385. The Balaban J connectivity index is 2.45. The minimum atomic E-state index is -4.28. The first-order valence-corrected chi connectivity index (χ1v) is 5.55. The van der Waals surface area contributed by atoms with E-state index < -0.39 is 11.7 Å². The average molecular weight is 241 g/mol. The summed E-state index contributed by atoms with van der Waals surface area (Å²) in [5.41, 5.74) is 1.02. The minimum Gasteiger partial charge on any atom is -0.361 e. The molecule has 0 saturated heterocycles. The molecule has 0 atom stereocenters. The Morgan fingerprint density at radius 3 is 2.53 bits per heavy atom. The summed E-state index contributed by atoms with van der Waals surface area (Å²) in [6.07, 6.45) is -1.62. The third-order valence-electron chi connectivity index (χ3n) is 2.72. The molecule has 1 heterocycles. The highest BCUT2D eigenvalue weighted by atomic mass is 19.4. The van der Waals surface area contributed by atoms with E-state index in [0.717, 1.165) is 23.4 Å². The van der Waals surface area contributed by atoms with Crippen molar-refractivity contribution in [1.82, 2.24) is 4.98 Å². The highest BCUT2D eigenvalue weighted by Crippen LogP contribution is 2.32. The number of aromatic nitrogens is 1.